The van der Waals surface area contributed by atoms with Crippen LogP contribution in [0, 0.1) is 6.92 Å². The Morgan fingerprint density at radius 2 is 2.15 bits per heavy atom. The quantitative estimate of drug-likeness (QED) is 0.686. The lowest BCUT2D eigenvalue weighted by molar-refractivity contribution is 0.889. The minimum atomic E-state index is -0.111. The summed E-state index contributed by atoms with van der Waals surface area (Å²) in [4.78, 5) is 14.0. The number of nitrogens with one attached hydrogen (secondary N) is 1. The first-order valence-corrected chi connectivity index (χ1v) is 4.33. The molecule has 68 valence electrons. The number of benzene rings is 1. The SMILES string of the molecule is Cc1c(Cl)ccc2[nH]c(=O)n(C)c12. The zero-order valence-corrected chi connectivity index (χ0v) is 8.14. The molecule has 0 aliphatic heterocycles. The van der Waals surface area contributed by atoms with E-state index in [1.54, 1.807) is 17.7 Å². The molecule has 1 heterocycles. The van der Waals surface area contributed by atoms with Crippen molar-refractivity contribution in [2.24, 2.45) is 7.05 Å². The minimum absolute atomic E-state index is 0.111. The predicted octanol–water partition coefficient (Wildman–Crippen LogP) is 1.83. The van der Waals surface area contributed by atoms with E-state index in [1.165, 1.54) is 0 Å². The molecular formula is C9H9ClN2O. The second-order valence-electron chi connectivity index (χ2n) is 3.06. The smallest absolute Gasteiger partial charge is 0.306 e. The van der Waals surface area contributed by atoms with Crippen LogP contribution in [-0.4, -0.2) is 9.55 Å². The number of H-pyrrole nitrogens is 1. The molecule has 13 heavy (non-hydrogen) atoms. The van der Waals surface area contributed by atoms with Gasteiger partial charge < -0.3 is 4.98 Å². The molecule has 0 bridgehead atoms. The molecule has 0 aliphatic rings. The first kappa shape index (κ1) is 8.38. The molecule has 4 heteroatoms. The number of aromatic nitrogens is 2. The molecular weight excluding hydrogens is 188 g/mol. The summed E-state index contributed by atoms with van der Waals surface area (Å²) in [6, 6.07) is 3.60. The van der Waals surface area contributed by atoms with E-state index in [-0.39, 0.29) is 5.69 Å². The number of imidazole rings is 1. The van der Waals surface area contributed by atoms with Gasteiger partial charge in [-0.15, -0.1) is 0 Å². The molecule has 0 amide bonds. The number of halogens is 1. The fraction of sp³-hybridized carbons (Fsp3) is 0.222. The average molecular weight is 197 g/mol. The van der Waals surface area contributed by atoms with E-state index in [0.717, 1.165) is 16.6 Å². The van der Waals surface area contributed by atoms with Gasteiger partial charge in [-0.3, -0.25) is 4.57 Å². The Morgan fingerprint density at radius 3 is 2.85 bits per heavy atom. The maximum atomic E-state index is 11.3. The van der Waals surface area contributed by atoms with Crippen molar-refractivity contribution in [3.05, 3.63) is 33.2 Å². The van der Waals surface area contributed by atoms with Gasteiger partial charge in [0.25, 0.3) is 0 Å². The molecule has 1 aromatic carbocycles. The van der Waals surface area contributed by atoms with Crippen LogP contribution in [0.3, 0.4) is 0 Å². The Balaban J connectivity index is 3.05. The number of hydrogen-bond acceptors (Lipinski definition) is 1. The van der Waals surface area contributed by atoms with Crippen LogP contribution >= 0.6 is 11.6 Å². The van der Waals surface area contributed by atoms with Gasteiger partial charge in [-0.05, 0) is 24.6 Å². The highest BCUT2D eigenvalue weighted by atomic mass is 35.5. The van der Waals surface area contributed by atoms with Gasteiger partial charge in [0.2, 0.25) is 0 Å². The normalized spacial score (nSPS) is 11.0. The minimum Gasteiger partial charge on any atom is -0.306 e. The van der Waals surface area contributed by atoms with Crippen LogP contribution in [0.1, 0.15) is 5.56 Å². The molecule has 0 saturated heterocycles. The van der Waals surface area contributed by atoms with Gasteiger partial charge in [0.1, 0.15) is 0 Å². The lowest BCUT2D eigenvalue weighted by Crippen LogP contribution is -2.12. The Morgan fingerprint density at radius 1 is 1.46 bits per heavy atom. The van der Waals surface area contributed by atoms with Crippen molar-refractivity contribution in [3.8, 4) is 0 Å². The average Bonchev–Trinajstić information content (AvgIpc) is 2.37. The van der Waals surface area contributed by atoms with Gasteiger partial charge in [-0.1, -0.05) is 11.6 Å². The van der Waals surface area contributed by atoms with Crippen molar-refractivity contribution in [1.29, 1.82) is 0 Å². The Kier molecular flexibility index (Phi) is 1.70. The summed E-state index contributed by atoms with van der Waals surface area (Å²) in [7, 11) is 1.73. The molecule has 0 unspecified atom stereocenters. The molecule has 0 radical (unpaired) electrons. The summed E-state index contributed by atoms with van der Waals surface area (Å²) in [6.45, 7) is 1.90. The molecule has 0 spiro atoms. The molecule has 0 saturated carbocycles. The summed E-state index contributed by atoms with van der Waals surface area (Å²) in [5.41, 5.74) is 2.52. The van der Waals surface area contributed by atoms with Crippen molar-refractivity contribution in [2.75, 3.05) is 0 Å². The molecule has 2 aromatic rings. The number of aryl methyl sites for hydroxylation is 2. The molecule has 0 fully saturated rings. The van der Waals surface area contributed by atoms with E-state index < -0.39 is 0 Å². The first-order valence-electron chi connectivity index (χ1n) is 3.95. The molecule has 2 rings (SSSR count). The third-order valence-corrected chi connectivity index (χ3v) is 2.66. The van der Waals surface area contributed by atoms with Gasteiger partial charge >= 0.3 is 5.69 Å². The van der Waals surface area contributed by atoms with Gasteiger partial charge in [0, 0.05) is 12.1 Å². The summed E-state index contributed by atoms with van der Waals surface area (Å²) >= 11 is 5.94. The van der Waals surface area contributed by atoms with Crippen LogP contribution in [0.4, 0.5) is 0 Å². The van der Waals surface area contributed by atoms with Crippen molar-refractivity contribution >= 4 is 22.6 Å². The summed E-state index contributed by atoms with van der Waals surface area (Å²) in [5, 5.41) is 0.683. The van der Waals surface area contributed by atoms with E-state index in [1.807, 2.05) is 13.0 Å². The number of hydrogen-bond donors (Lipinski definition) is 1. The second kappa shape index (κ2) is 2.64. The molecule has 0 atom stereocenters. The maximum absolute atomic E-state index is 11.3. The van der Waals surface area contributed by atoms with Gasteiger partial charge in [-0.25, -0.2) is 4.79 Å². The zero-order chi connectivity index (χ0) is 9.59. The van der Waals surface area contributed by atoms with Crippen molar-refractivity contribution < 1.29 is 0 Å². The van der Waals surface area contributed by atoms with Crippen molar-refractivity contribution in [3.63, 3.8) is 0 Å². The third-order valence-electron chi connectivity index (χ3n) is 2.25. The molecule has 0 aliphatic carbocycles. The Labute approximate surface area is 79.9 Å². The van der Waals surface area contributed by atoms with Gasteiger partial charge in [0.05, 0.1) is 11.0 Å². The zero-order valence-electron chi connectivity index (χ0n) is 7.39. The largest absolute Gasteiger partial charge is 0.326 e. The highest BCUT2D eigenvalue weighted by molar-refractivity contribution is 6.32. The highest BCUT2D eigenvalue weighted by Gasteiger charge is 2.07. The number of rotatable bonds is 0. The fourth-order valence-corrected chi connectivity index (χ4v) is 1.66. The van der Waals surface area contributed by atoms with Crippen LogP contribution in [0.2, 0.25) is 5.02 Å². The monoisotopic (exact) mass is 196 g/mol. The Bertz CT molecular complexity index is 524. The van der Waals surface area contributed by atoms with E-state index >= 15 is 0 Å². The fourth-order valence-electron chi connectivity index (χ4n) is 1.51. The summed E-state index contributed by atoms with van der Waals surface area (Å²) in [5.74, 6) is 0. The van der Waals surface area contributed by atoms with E-state index in [2.05, 4.69) is 4.98 Å². The van der Waals surface area contributed by atoms with Crippen LogP contribution in [0.25, 0.3) is 11.0 Å². The highest BCUT2D eigenvalue weighted by Crippen LogP contribution is 2.22. The number of fused-ring (bicyclic) bond motifs is 1. The summed E-state index contributed by atoms with van der Waals surface area (Å²) in [6.07, 6.45) is 0. The van der Waals surface area contributed by atoms with Crippen LogP contribution < -0.4 is 5.69 Å². The van der Waals surface area contributed by atoms with E-state index in [4.69, 9.17) is 11.6 Å². The third kappa shape index (κ3) is 1.08. The van der Waals surface area contributed by atoms with Crippen LogP contribution in [0.15, 0.2) is 16.9 Å². The number of nitrogens with zero attached hydrogens (tertiary/aromatic N) is 1. The first-order chi connectivity index (χ1) is 6.11. The summed E-state index contributed by atoms with van der Waals surface area (Å²) < 4.78 is 1.57. The number of aromatic amines is 1. The topological polar surface area (TPSA) is 37.8 Å². The van der Waals surface area contributed by atoms with Gasteiger partial charge in [-0.2, -0.15) is 0 Å². The predicted molar refractivity (Wildman–Crippen MR) is 53.3 cm³/mol. The lowest BCUT2D eigenvalue weighted by Gasteiger charge is -2.00. The van der Waals surface area contributed by atoms with Crippen LogP contribution in [0.5, 0.6) is 0 Å². The van der Waals surface area contributed by atoms with Gasteiger partial charge in [0.15, 0.2) is 0 Å². The van der Waals surface area contributed by atoms with E-state index in [9.17, 15) is 4.79 Å². The Hall–Kier alpha value is -1.22. The lowest BCUT2D eigenvalue weighted by atomic mass is 10.2. The van der Waals surface area contributed by atoms with Crippen LogP contribution in [-0.2, 0) is 7.05 Å². The molecule has 3 nitrogen and oxygen atoms in total. The second-order valence-corrected chi connectivity index (χ2v) is 3.46. The standard InChI is InChI=1S/C9H9ClN2O/c1-5-6(10)3-4-7-8(5)12(2)9(13)11-7/h3-4H,1-2H3,(H,11,13). The maximum Gasteiger partial charge on any atom is 0.326 e. The molecule has 1 aromatic heterocycles. The molecule has 1 N–H and O–H groups in total. The van der Waals surface area contributed by atoms with E-state index in [0.29, 0.717) is 5.02 Å². The van der Waals surface area contributed by atoms with Crippen molar-refractivity contribution in [1.82, 2.24) is 9.55 Å². The van der Waals surface area contributed by atoms with Crippen molar-refractivity contribution in [2.45, 2.75) is 6.92 Å².